The second kappa shape index (κ2) is 7.59. The summed E-state index contributed by atoms with van der Waals surface area (Å²) in [4.78, 5) is 0. The van der Waals surface area contributed by atoms with Crippen LogP contribution in [0.5, 0.6) is 0 Å². The summed E-state index contributed by atoms with van der Waals surface area (Å²) >= 11 is 5.49. The highest BCUT2D eigenvalue weighted by atomic mass is 35.5. The second-order valence-corrected chi connectivity index (χ2v) is 7.49. The molecule has 0 aromatic carbocycles. The molecule has 1 aliphatic rings. The molecule has 102 valence electrons. The third-order valence-corrected chi connectivity index (χ3v) is 5.20. The van der Waals surface area contributed by atoms with E-state index in [4.69, 9.17) is 11.6 Å². The highest BCUT2D eigenvalue weighted by Gasteiger charge is 2.19. The van der Waals surface area contributed by atoms with Crippen LogP contribution in [0, 0.1) is 11.8 Å². The fourth-order valence-corrected chi connectivity index (χ4v) is 3.95. The van der Waals surface area contributed by atoms with Gasteiger partial charge >= 0.3 is 0 Å². The van der Waals surface area contributed by atoms with Gasteiger partial charge in [-0.2, -0.15) is 0 Å². The number of hydrogen-bond acceptors (Lipinski definition) is 2. The van der Waals surface area contributed by atoms with Crippen LogP contribution < -0.4 is 4.72 Å². The Morgan fingerprint density at radius 3 is 2.76 bits per heavy atom. The van der Waals surface area contributed by atoms with Crippen molar-refractivity contribution >= 4 is 21.6 Å². The molecule has 0 amide bonds. The fourth-order valence-electron chi connectivity index (χ4n) is 2.56. The van der Waals surface area contributed by atoms with E-state index < -0.39 is 10.0 Å². The Morgan fingerprint density at radius 1 is 1.35 bits per heavy atom. The molecule has 0 aromatic rings. The maximum absolute atomic E-state index is 11.5. The van der Waals surface area contributed by atoms with E-state index in [2.05, 4.69) is 11.6 Å². The van der Waals surface area contributed by atoms with Gasteiger partial charge in [-0.1, -0.05) is 26.2 Å². The molecule has 0 spiro atoms. The third kappa shape index (κ3) is 6.63. The summed E-state index contributed by atoms with van der Waals surface area (Å²) in [5.74, 6) is 2.06. The standard InChI is InChI=1S/C12H24ClNO2S/c1-11-4-2-5-12(10-11)6-8-14-17(15,16)9-3-7-13/h11-12,14H,2-10H2,1H3. The fraction of sp³-hybridized carbons (Fsp3) is 1.00. The number of halogens is 1. The van der Waals surface area contributed by atoms with Gasteiger partial charge in [0.15, 0.2) is 0 Å². The summed E-state index contributed by atoms with van der Waals surface area (Å²) in [7, 11) is -3.09. The minimum Gasteiger partial charge on any atom is -0.215 e. The Labute approximate surface area is 110 Å². The Morgan fingerprint density at radius 2 is 2.12 bits per heavy atom. The largest absolute Gasteiger partial charge is 0.215 e. The monoisotopic (exact) mass is 281 g/mol. The zero-order chi connectivity index (χ0) is 12.7. The summed E-state index contributed by atoms with van der Waals surface area (Å²) in [5, 5.41) is 0. The molecule has 17 heavy (non-hydrogen) atoms. The van der Waals surface area contributed by atoms with Gasteiger partial charge in [-0.15, -0.1) is 11.6 Å². The lowest BCUT2D eigenvalue weighted by Gasteiger charge is -2.26. The van der Waals surface area contributed by atoms with Crippen LogP contribution in [0.1, 0.15) is 45.4 Å². The van der Waals surface area contributed by atoms with Crippen LogP contribution in [0.2, 0.25) is 0 Å². The predicted molar refractivity (Wildman–Crippen MR) is 72.9 cm³/mol. The van der Waals surface area contributed by atoms with E-state index in [0.29, 0.717) is 24.8 Å². The zero-order valence-electron chi connectivity index (χ0n) is 10.6. The zero-order valence-corrected chi connectivity index (χ0v) is 12.2. The summed E-state index contributed by atoms with van der Waals surface area (Å²) in [6.07, 6.45) is 6.64. The maximum Gasteiger partial charge on any atom is 0.211 e. The average molecular weight is 282 g/mol. The van der Waals surface area contributed by atoms with E-state index in [-0.39, 0.29) is 5.75 Å². The minimum absolute atomic E-state index is 0.150. The lowest BCUT2D eigenvalue weighted by atomic mass is 9.81. The van der Waals surface area contributed by atoms with E-state index >= 15 is 0 Å². The van der Waals surface area contributed by atoms with Crippen LogP contribution in [0.4, 0.5) is 0 Å². The Balaban J connectivity index is 2.18. The summed E-state index contributed by atoms with van der Waals surface area (Å²) in [6, 6.07) is 0. The van der Waals surface area contributed by atoms with Gasteiger partial charge in [0.2, 0.25) is 10.0 Å². The average Bonchev–Trinajstić information content (AvgIpc) is 2.26. The van der Waals surface area contributed by atoms with Crippen molar-refractivity contribution in [3.05, 3.63) is 0 Å². The molecular weight excluding hydrogens is 258 g/mol. The Kier molecular flexibility index (Phi) is 6.82. The maximum atomic E-state index is 11.5. The molecule has 0 aliphatic heterocycles. The molecule has 0 saturated heterocycles. The van der Waals surface area contributed by atoms with Gasteiger partial charge in [0.25, 0.3) is 0 Å². The number of alkyl halides is 1. The van der Waals surface area contributed by atoms with Gasteiger partial charge in [0.05, 0.1) is 5.75 Å². The number of hydrogen-bond donors (Lipinski definition) is 1. The van der Waals surface area contributed by atoms with Crippen molar-refractivity contribution in [2.45, 2.75) is 45.4 Å². The van der Waals surface area contributed by atoms with E-state index in [0.717, 1.165) is 12.3 Å². The van der Waals surface area contributed by atoms with Crippen molar-refractivity contribution in [1.82, 2.24) is 4.72 Å². The lowest BCUT2D eigenvalue weighted by Crippen LogP contribution is -2.29. The molecule has 0 radical (unpaired) electrons. The molecule has 0 bridgehead atoms. The molecular formula is C12H24ClNO2S. The van der Waals surface area contributed by atoms with Crippen LogP contribution in [-0.4, -0.2) is 26.6 Å². The molecule has 0 aromatic heterocycles. The molecule has 1 saturated carbocycles. The summed E-state index contributed by atoms with van der Waals surface area (Å²) < 4.78 is 25.7. The highest BCUT2D eigenvalue weighted by molar-refractivity contribution is 7.89. The number of sulfonamides is 1. The highest BCUT2D eigenvalue weighted by Crippen LogP contribution is 2.30. The molecule has 1 rings (SSSR count). The number of nitrogens with one attached hydrogen (secondary N) is 1. The van der Waals surface area contributed by atoms with Gasteiger partial charge in [-0.05, 0) is 31.1 Å². The van der Waals surface area contributed by atoms with Crippen molar-refractivity contribution in [2.24, 2.45) is 11.8 Å². The first-order chi connectivity index (χ1) is 8.03. The molecule has 0 heterocycles. The van der Waals surface area contributed by atoms with Crippen molar-refractivity contribution in [2.75, 3.05) is 18.2 Å². The SMILES string of the molecule is CC1CCCC(CCNS(=O)(=O)CCCCl)C1. The molecule has 2 unspecified atom stereocenters. The molecule has 1 fully saturated rings. The first-order valence-electron chi connectivity index (χ1n) is 6.57. The first-order valence-corrected chi connectivity index (χ1v) is 8.75. The van der Waals surface area contributed by atoms with Crippen molar-refractivity contribution in [1.29, 1.82) is 0 Å². The van der Waals surface area contributed by atoms with Crippen LogP contribution in [0.25, 0.3) is 0 Å². The Bertz CT molecular complexity index is 306. The normalized spacial score (nSPS) is 26.0. The van der Waals surface area contributed by atoms with Crippen LogP contribution >= 0.6 is 11.6 Å². The third-order valence-electron chi connectivity index (χ3n) is 3.47. The smallest absolute Gasteiger partial charge is 0.211 e. The van der Waals surface area contributed by atoms with E-state index in [1.807, 2.05) is 0 Å². The number of rotatable bonds is 7. The topological polar surface area (TPSA) is 46.2 Å². The molecule has 1 aliphatic carbocycles. The van der Waals surface area contributed by atoms with Gasteiger partial charge in [0.1, 0.15) is 0 Å². The van der Waals surface area contributed by atoms with Crippen LogP contribution in [0.15, 0.2) is 0 Å². The van der Waals surface area contributed by atoms with Crippen LogP contribution in [-0.2, 0) is 10.0 Å². The van der Waals surface area contributed by atoms with E-state index in [1.54, 1.807) is 0 Å². The molecule has 2 atom stereocenters. The van der Waals surface area contributed by atoms with Gasteiger partial charge < -0.3 is 0 Å². The quantitative estimate of drug-likeness (QED) is 0.730. The lowest BCUT2D eigenvalue weighted by molar-refractivity contribution is 0.271. The molecule has 3 nitrogen and oxygen atoms in total. The van der Waals surface area contributed by atoms with E-state index in [9.17, 15) is 8.42 Å². The van der Waals surface area contributed by atoms with E-state index in [1.165, 1.54) is 25.7 Å². The molecule has 1 N–H and O–H groups in total. The summed E-state index contributed by atoms with van der Waals surface area (Å²) in [5.41, 5.74) is 0. The van der Waals surface area contributed by atoms with Gasteiger partial charge in [-0.3, -0.25) is 0 Å². The predicted octanol–water partition coefficient (Wildman–Crippen LogP) is 2.75. The van der Waals surface area contributed by atoms with Crippen molar-refractivity contribution in [3.63, 3.8) is 0 Å². The van der Waals surface area contributed by atoms with Gasteiger partial charge in [-0.25, -0.2) is 13.1 Å². The van der Waals surface area contributed by atoms with Gasteiger partial charge in [0, 0.05) is 12.4 Å². The Hall–Kier alpha value is 0.200. The van der Waals surface area contributed by atoms with Crippen molar-refractivity contribution < 1.29 is 8.42 Å². The second-order valence-electron chi connectivity index (χ2n) is 5.18. The minimum atomic E-state index is -3.09. The van der Waals surface area contributed by atoms with Crippen molar-refractivity contribution in [3.8, 4) is 0 Å². The van der Waals surface area contributed by atoms with Crippen LogP contribution in [0.3, 0.4) is 0 Å². The first kappa shape index (κ1) is 15.3. The summed E-state index contributed by atoms with van der Waals surface area (Å²) in [6.45, 7) is 2.87. The molecule has 5 heteroatoms.